The largest absolute Gasteiger partial charge is 0.338 e. The molecule has 0 fully saturated rings. The Labute approximate surface area is 137 Å². The van der Waals surface area contributed by atoms with Gasteiger partial charge in [0, 0.05) is 36.0 Å². The minimum absolute atomic E-state index is 0.198. The Balaban J connectivity index is 1.63. The van der Waals surface area contributed by atoms with Crippen molar-refractivity contribution in [3.63, 3.8) is 0 Å². The monoisotopic (exact) mass is 315 g/mol. The van der Waals surface area contributed by atoms with Crippen LogP contribution in [0.15, 0.2) is 67.3 Å². The number of benzene rings is 1. The van der Waals surface area contributed by atoms with Gasteiger partial charge in [-0.1, -0.05) is 0 Å². The van der Waals surface area contributed by atoms with Gasteiger partial charge in [-0.15, -0.1) is 0 Å². The Kier molecular flexibility index (Phi) is 3.47. The van der Waals surface area contributed by atoms with Crippen LogP contribution < -0.4 is 5.32 Å². The van der Waals surface area contributed by atoms with Crippen LogP contribution in [0.2, 0.25) is 0 Å². The van der Waals surface area contributed by atoms with Crippen molar-refractivity contribution in [2.24, 2.45) is 0 Å². The molecule has 6 nitrogen and oxygen atoms in total. The lowest BCUT2D eigenvalue weighted by Gasteiger charge is -2.04. The molecule has 0 unspecified atom stereocenters. The third kappa shape index (κ3) is 2.72. The van der Waals surface area contributed by atoms with Crippen molar-refractivity contribution in [3.05, 3.63) is 72.8 Å². The molecule has 0 saturated carbocycles. The third-order valence-electron chi connectivity index (χ3n) is 3.62. The van der Waals surface area contributed by atoms with E-state index in [2.05, 4.69) is 25.3 Å². The second kappa shape index (κ2) is 5.92. The summed E-state index contributed by atoms with van der Waals surface area (Å²) in [5.41, 5.74) is 3.86. The summed E-state index contributed by atoms with van der Waals surface area (Å²) in [5, 5.41) is 2.86. The van der Waals surface area contributed by atoms with E-state index in [1.807, 2.05) is 30.3 Å². The van der Waals surface area contributed by atoms with Crippen LogP contribution in [-0.4, -0.2) is 25.8 Å². The highest BCUT2D eigenvalue weighted by Crippen LogP contribution is 2.22. The van der Waals surface area contributed by atoms with Crippen molar-refractivity contribution >= 4 is 22.6 Å². The summed E-state index contributed by atoms with van der Waals surface area (Å²) >= 11 is 0. The number of aromatic amines is 1. The maximum Gasteiger partial charge on any atom is 0.257 e. The van der Waals surface area contributed by atoms with E-state index >= 15 is 0 Å². The summed E-state index contributed by atoms with van der Waals surface area (Å²) in [6, 6.07) is 12.8. The number of hydrogen-bond acceptors (Lipinski definition) is 4. The van der Waals surface area contributed by atoms with Crippen molar-refractivity contribution in [3.8, 4) is 11.4 Å². The molecule has 4 aromatic rings. The molecule has 3 aromatic heterocycles. The Hall–Kier alpha value is -3.54. The van der Waals surface area contributed by atoms with Gasteiger partial charge in [-0.2, -0.15) is 0 Å². The first-order valence-electron chi connectivity index (χ1n) is 7.41. The maximum absolute atomic E-state index is 12.2. The van der Waals surface area contributed by atoms with Crippen molar-refractivity contribution in [1.29, 1.82) is 0 Å². The molecule has 4 rings (SSSR count). The molecule has 0 bridgehead atoms. The molecule has 0 radical (unpaired) electrons. The van der Waals surface area contributed by atoms with E-state index in [1.165, 1.54) is 6.20 Å². The second-order valence-electron chi connectivity index (χ2n) is 5.25. The molecular weight excluding hydrogens is 302 g/mol. The first kappa shape index (κ1) is 14.1. The van der Waals surface area contributed by atoms with Crippen LogP contribution in [0.25, 0.3) is 22.4 Å². The van der Waals surface area contributed by atoms with E-state index in [1.54, 1.807) is 30.7 Å². The number of nitrogens with zero attached hydrogens (tertiary/aromatic N) is 3. The van der Waals surface area contributed by atoms with E-state index in [-0.39, 0.29) is 5.91 Å². The van der Waals surface area contributed by atoms with Gasteiger partial charge in [-0.3, -0.25) is 14.8 Å². The average Bonchev–Trinajstić information content (AvgIpc) is 3.06. The highest BCUT2D eigenvalue weighted by molar-refractivity contribution is 6.04. The molecule has 0 atom stereocenters. The molecule has 0 saturated heterocycles. The fraction of sp³-hybridized carbons (Fsp3) is 0. The molecule has 116 valence electrons. The predicted octanol–water partition coefficient (Wildman–Crippen LogP) is 3.27. The van der Waals surface area contributed by atoms with E-state index in [9.17, 15) is 4.79 Å². The number of carbonyl (C=O) groups is 1. The number of carbonyl (C=O) groups excluding carboxylic acids is 1. The molecule has 0 aliphatic heterocycles. The lowest BCUT2D eigenvalue weighted by Crippen LogP contribution is -2.11. The summed E-state index contributed by atoms with van der Waals surface area (Å²) in [6.45, 7) is 0. The first-order valence-corrected chi connectivity index (χ1v) is 7.41. The number of imidazole rings is 1. The minimum Gasteiger partial charge on any atom is -0.338 e. The number of aromatic nitrogens is 4. The number of anilines is 1. The summed E-state index contributed by atoms with van der Waals surface area (Å²) in [5.74, 6) is 0.569. The van der Waals surface area contributed by atoms with Crippen LogP contribution >= 0.6 is 0 Å². The second-order valence-corrected chi connectivity index (χ2v) is 5.25. The van der Waals surface area contributed by atoms with E-state index in [0.29, 0.717) is 11.3 Å². The standard InChI is InChI=1S/C18H13N5O/c24-18(13-2-1-7-20-11-13)21-14-3-4-15-16(10-14)23-17(22-15)12-5-8-19-9-6-12/h1-11H,(H,21,24)(H,22,23). The smallest absolute Gasteiger partial charge is 0.257 e. The van der Waals surface area contributed by atoms with Crippen LogP contribution in [0.3, 0.4) is 0 Å². The zero-order chi connectivity index (χ0) is 16.4. The Bertz CT molecular complexity index is 996. The van der Waals surface area contributed by atoms with Gasteiger partial charge in [-0.25, -0.2) is 4.98 Å². The van der Waals surface area contributed by atoms with Gasteiger partial charge in [0.15, 0.2) is 0 Å². The van der Waals surface area contributed by atoms with E-state index in [0.717, 1.165) is 22.4 Å². The van der Waals surface area contributed by atoms with Gasteiger partial charge in [0.1, 0.15) is 5.82 Å². The number of nitrogens with one attached hydrogen (secondary N) is 2. The average molecular weight is 315 g/mol. The number of amides is 1. The Morgan fingerprint density at radius 1 is 1.00 bits per heavy atom. The topological polar surface area (TPSA) is 83.6 Å². The van der Waals surface area contributed by atoms with Crippen molar-refractivity contribution in [2.75, 3.05) is 5.32 Å². The molecular formula is C18H13N5O. The van der Waals surface area contributed by atoms with Crippen molar-refractivity contribution in [2.45, 2.75) is 0 Å². The zero-order valence-electron chi connectivity index (χ0n) is 12.6. The lowest BCUT2D eigenvalue weighted by atomic mass is 10.2. The summed E-state index contributed by atoms with van der Waals surface area (Å²) < 4.78 is 0. The molecule has 3 heterocycles. The van der Waals surface area contributed by atoms with Crippen LogP contribution in [0.5, 0.6) is 0 Å². The Morgan fingerprint density at radius 2 is 1.88 bits per heavy atom. The van der Waals surface area contributed by atoms with Gasteiger partial charge >= 0.3 is 0 Å². The molecule has 0 aliphatic rings. The van der Waals surface area contributed by atoms with Gasteiger partial charge < -0.3 is 10.3 Å². The number of fused-ring (bicyclic) bond motifs is 1. The molecule has 0 aliphatic carbocycles. The quantitative estimate of drug-likeness (QED) is 0.608. The summed E-state index contributed by atoms with van der Waals surface area (Å²) in [6.07, 6.45) is 6.61. The fourth-order valence-corrected chi connectivity index (χ4v) is 2.43. The van der Waals surface area contributed by atoms with Crippen LogP contribution in [0.4, 0.5) is 5.69 Å². The third-order valence-corrected chi connectivity index (χ3v) is 3.62. The normalized spacial score (nSPS) is 10.7. The predicted molar refractivity (Wildman–Crippen MR) is 91.5 cm³/mol. The summed E-state index contributed by atoms with van der Waals surface area (Å²) in [7, 11) is 0. The van der Waals surface area contributed by atoms with E-state index < -0.39 is 0 Å². The van der Waals surface area contributed by atoms with Crippen LogP contribution in [0, 0.1) is 0 Å². The SMILES string of the molecule is O=C(Nc1ccc2nc(-c3ccncc3)[nH]c2c1)c1cccnc1. The molecule has 0 spiro atoms. The maximum atomic E-state index is 12.2. The fourth-order valence-electron chi connectivity index (χ4n) is 2.43. The number of rotatable bonds is 3. The van der Waals surface area contributed by atoms with Gasteiger partial charge in [0.05, 0.1) is 16.6 Å². The lowest BCUT2D eigenvalue weighted by molar-refractivity contribution is 0.102. The highest BCUT2D eigenvalue weighted by Gasteiger charge is 2.09. The molecule has 2 N–H and O–H groups in total. The van der Waals surface area contributed by atoms with Crippen LogP contribution in [0.1, 0.15) is 10.4 Å². The Morgan fingerprint density at radius 3 is 2.67 bits per heavy atom. The number of H-pyrrole nitrogens is 1. The van der Waals surface area contributed by atoms with Gasteiger partial charge in [0.2, 0.25) is 0 Å². The minimum atomic E-state index is -0.198. The molecule has 1 amide bonds. The molecule has 6 heteroatoms. The van der Waals surface area contributed by atoms with E-state index in [4.69, 9.17) is 0 Å². The van der Waals surface area contributed by atoms with Gasteiger partial charge in [-0.05, 0) is 42.5 Å². The van der Waals surface area contributed by atoms with Crippen LogP contribution in [-0.2, 0) is 0 Å². The van der Waals surface area contributed by atoms with Gasteiger partial charge in [0.25, 0.3) is 5.91 Å². The zero-order valence-corrected chi connectivity index (χ0v) is 12.6. The van der Waals surface area contributed by atoms with Crippen molar-refractivity contribution < 1.29 is 4.79 Å². The van der Waals surface area contributed by atoms with Crippen molar-refractivity contribution in [1.82, 2.24) is 19.9 Å². The highest BCUT2D eigenvalue weighted by atomic mass is 16.1. The molecule has 24 heavy (non-hydrogen) atoms. The number of hydrogen-bond donors (Lipinski definition) is 2. The molecule has 1 aromatic carbocycles. The summed E-state index contributed by atoms with van der Waals surface area (Å²) in [4.78, 5) is 28.0. The first-order chi connectivity index (χ1) is 11.8. The number of pyridine rings is 2.